The highest BCUT2D eigenvalue weighted by molar-refractivity contribution is 6.31. The van der Waals surface area contributed by atoms with Gasteiger partial charge in [-0.25, -0.2) is 13.9 Å². The Hall–Kier alpha value is -3.34. The van der Waals surface area contributed by atoms with Crippen molar-refractivity contribution in [3.05, 3.63) is 57.2 Å². The Morgan fingerprint density at radius 2 is 2.03 bits per heavy atom. The normalized spacial score (nSPS) is 13.0. The van der Waals surface area contributed by atoms with Gasteiger partial charge in [0.1, 0.15) is 18.2 Å². The maximum Gasteiger partial charge on any atom is 0.315 e. The summed E-state index contributed by atoms with van der Waals surface area (Å²) in [5, 5.41) is 7.03. The van der Waals surface area contributed by atoms with Crippen LogP contribution >= 0.6 is 11.6 Å². The number of hydrogen-bond donors (Lipinski definition) is 1. The molecule has 0 spiro atoms. The molecule has 0 fully saturated rings. The number of carbonyl (C=O) groups excluding carboxylic acids is 2. The molecule has 1 N–H and O–H groups in total. The second kappa shape index (κ2) is 8.89. The molecule has 33 heavy (non-hydrogen) atoms. The highest BCUT2D eigenvalue weighted by atomic mass is 35.5. The molecule has 3 aromatic rings. The van der Waals surface area contributed by atoms with Gasteiger partial charge in [-0.15, -0.1) is 0 Å². The number of halogens is 4. The fourth-order valence-corrected chi connectivity index (χ4v) is 3.75. The Labute approximate surface area is 191 Å². The standard InChI is InChI=1S/C21H19ClF3N5O3/c1-10-17(22)11(2)30-19(27-10)14-8-29(9-15(14)28-30)21(32)13-4-3-12(23)7-16(13)33-6-5-26-20(31)18(24)25/h3-4,7,18H,5-6,8-9H2,1-2H3,(H,26,31). The molecule has 8 nitrogen and oxygen atoms in total. The summed E-state index contributed by atoms with van der Waals surface area (Å²) in [7, 11) is 0. The predicted octanol–water partition coefficient (Wildman–Crippen LogP) is 3.05. The zero-order valence-electron chi connectivity index (χ0n) is 17.7. The molecule has 3 heterocycles. The fourth-order valence-electron chi connectivity index (χ4n) is 3.63. The predicted molar refractivity (Wildman–Crippen MR) is 112 cm³/mol. The van der Waals surface area contributed by atoms with Gasteiger partial charge in [-0.05, 0) is 26.0 Å². The monoisotopic (exact) mass is 481 g/mol. The van der Waals surface area contributed by atoms with Crippen LogP contribution in [0.15, 0.2) is 18.2 Å². The van der Waals surface area contributed by atoms with E-state index >= 15 is 0 Å². The summed E-state index contributed by atoms with van der Waals surface area (Å²) in [6, 6.07) is 3.45. The van der Waals surface area contributed by atoms with Crippen molar-refractivity contribution in [3.63, 3.8) is 0 Å². The van der Waals surface area contributed by atoms with E-state index in [-0.39, 0.29) is 37.6 Å². The van der Waals surface area contributed by atoms with Crippen molar-refractivity contribution < 1.29 is 27.5 Å². The van der Waals surface area contributed by atoms with Crippen LogP contribution in [0.25, 0.3) is 5.65 Å². The Morgan fingerprint density at radius 1 is 1.27 bits per heavy atom. The number of benzene rings is 1. The minimum Gasteiger partial charge on any atom is -0.491 e. The van der Waals surface area contributed by atoms with Crippen LogP contribution in [0.1, 0.15) is 33.0 Å². The summed E-state index contributed by atoms with van der Waals surface area (Å²) in [5.74, 6) is -2.54. The largest absolute Gasteiger partial charge is 0.491 e. The number of alkyl halides is 2. The van der Waals surface area contributed by atoms with E-state index in [1.165, 1.54) is 11.0 Å². The topological polar surface area (TPSA) is 88.8 Å². The van der Waals surface area contributed by atoms with E-state index in [9.17, 15) is 22.8 Å². The van der Waals surface area contributed by atoms with Crippen LogP contribution in [-0.4, -0.2) is 50.9 Å². The Balaban J connectivity index is 1.51. The first kappa shape index (κ1) is 22.8. The van der Waals surface area contributed by atoms with Crippen LogP contribution in [0.5, 0.6) is 5.75 Å². The van der Waals surface area contributed by atoms with Gasteiger partial charge in [0.25, 0.3) is 11.8 Å². The van der Waals surface area contributed by atoms with E-state index in [4.69, 9.17) is 16.3 Å². The average molecular weight is 482 g/mol. The van der Waals surface area contributed by atoms with Crippen molar-refractivity contribution in [1.82, 2.24) is 24.8 Å². The molecule has 0 atom stereocenters. The molecule has 12 heteroatoms. The number of nitrogens with one attached hydrogen (secondary N) is 1. The lowest BCUT2D eigenvalue weighted by molar-refractivity contribution is -0.131. The van der Waals surface area contributed by atoms with Gasteiger partial charge in [-0.2, -0.15) is 13.9 Å². The molecular formula is C21H19ClF3N5O3. The van der Waals surface area contributed by atoms with Gasteiger partial charge >= 0.3 is 6.43 Å². The third kappa shape index (κ3) is 4.32. The van der Waals surface area contributed by atoms with Gasteiger partial charge in [0.15, 0.2) is 5.65 Å². The van der Waals surface area contributed by atoms with Crippen LogP contribution in [0.3, 0.4) is 0 Å². The first-order valence-electron chi connectivity index (χ1n) is 9.98. The minimum absolute atomic E-state index is 0.0540. The first-order valence-corrected chi connectivity index (χ1v) is 10.4. The molecule has 2 aromatic heterocycles. The summed E-state index contributed by atoms with van der Waals surface area (Å²) in [5.41, 5.74) is 3.60. The molecule has 174 valence electrons. The number of ether oxygens (including phenoxy) is 1. The van der Waals surface area contributed by atoms with Crippen LogP contribution in [0, 0.1) is 19.7 Å². The van der Waals surface area contributed by atoms with Gasteiger partial charge in [0, 0.05) is 11.6 Å². The Morgan fingerprint density at radius 3 is 2.76 bits per heavy atom. The SMILES string of the molecule is Cc1nc2c3c(nn2c(C)c1Cl)CN(C(=O)c1ccc(F)cc1OCCNC(=O)C(F)F)C3. The highest BCUT2D eigenvalue weighted by Crippen LogP contribution is 2.31. The molecule has 0 saturated heterocycles. The lowest BCUT2D eigenvalue weighted by Crippen LogP contribution is -2.33. The van der Waals surface area contributed by atoms with E-state index in [1.807, 2.05) is 12.2 Å². The zero-order valence-corrected chi connectivity index (χ0v) is 18.4. The van der Waals surface area contributed by atoms with E-state index in [2.05, 4.69) is 10.1 Å². The quantitative estimate of drug-likeness (QED) is 0.547. The smallest absolute Gasteiger partial charge is 0.315 e. The van der Waals surface area contributed by atoms with Gasteiger partial charge < -0.3 is 15.0 Å². The highest BCUT2D eigenvalue weighted by Gasteiger charge is 2.31. The number of hydrogen-bond acceptors (Lipinski definition) is 5. The average Bonchev–Trinajstić information content (AvgIpc) is 3.33. The maximum atomic E-state index is 13.8. The van der Waals surface area contributed by atoms with E-state index in [1.54, 1.807) is 11.4 Å². The lowest BCUT2D eigenvalue weighted by atomic mass is 10.1. The molecule has 0 saturated carbocycles. The van der Waals surface area contributed by atoms with Crippen LogP contribution in [0.4, 0.5) is 13.2 Å². The van der Waals surface area contributed by atoms with Crippen LogP contribution in [-0.2, 0) is 17.9 Å². The Kier molecular flexibility index (Phi) is 6.15. The van der Waals surface area contributed by atoms with Crippen LogP contribution in [0.2, 0.25) is 5.02 Å². The van der Waals surface area contributed by atoms with Crippen molar-refractivity contribution in [2.75, 3.05) is 13.2 Å². The third-order valence-electron chi connectivity index (χ3n) is 5.27. The first-order chi connectivity index (χ1) is 15.7. The van der Waals surface area contributed by atoms with E-state index in [0.717, 1.165) is 23.4 Å². The molecule has 0 aliphatic carbocycles. The summed E-state index contributed by atoms with van der Waals surface area (Å²) >= 11 is 6.26. The number of carbonyl (C=O) groups is 2. The van der Waals surface area contributed by atoms with Gasteiger partial charge in [0.05, 0.1) is 47.3 Å². The lowest BCUT2D eigenvalue weighted by Gasteiger charge is -2.18. The van der Waals surface area contributed by atoms with Gasteiger partial charge in [0.2, 0.25) is 0 Å². The zero-order chi connectivity index (χ0) is 23.9. The Bertz CT molecular complexity index is 1260. The third-order valence-corrected chi connectivity index (χ3v) is 5.82. The number of aromatic nitrogens is 3. The summed E-state index contributed by atoms with van der Waals surface area (Å²) in [4.78, 5) is 30.1. The molecule has 0 bridgehead atoms. The van der Waals surface area contributed by atoms with Crippen molar-refractivity contribution in [2.45, 2.75) is 33.4 Å². The van der Waals surface area contributed by atoms with Crippen molar-refractivity contribution in [1.29, 1.82) is 0 Å². The molecule has 1 aromatic carbocycles. The summed E-state index contributed by atoms with van der Waals surface area (Å²) in [6.07, 6.45) is -3.15. The van der Waals surface area contributed by atoms with E-state index in [0.29, 0.717) is 22.1 Å². The molecule has 4 rings (SSSR count). The van der Waals surface area contributed by atoms with Gasteiger partial charge in [-0.3, -0.25) is 9.59 Å². The minimum atomic E-state index is -3.15. The summed E-state index contributed by atoms with van der Waals surface area (Å²) < 4.78 is 45.3. The number of amides is 2. The molecular weight excluding hydrogens is 463 g/mol. The van der Waals surface area contributed by atoms with E-state index < -0.39 is 24.1 Å². The number of rotatable bonds is 6. The molecule has 0 unspecified atom stereocenters. The van der Waals surface area contributed by atoms with Crippen molar-refractivity contribution in [3.8, 4) is 5.75 Å². The van der Waals surface area contributed by atoms with Crippen molar-refractivity contribution in [2.24, 2.45) is 0 Å². The number of aryl methyl sites for hydroxylation is 2. The molecule has 1 aliphatic rings. The second-order valence-electron chi connectivity index (χ2n) is 7.50. The summed E-state index contributed by atoms with van der Waals surface area (Å²) in [6.45, 7) is 3.63. The molecule has 0 radical (unpaired) electrons. The molecule has 1 aliphatic heterocycles. The number of fused-ring (bicyclic) bond motifs is 3. The molecule has 2 amide bonds. The maximum absolute atomic E-state index is 13.8. The number of nitrogens with zero attached hydrogens (tertiary/aromatic N) is 4. The second-order valence-corrected chi connectivity index (χ2v) is 7.88. The fraction of sp³-hybridized carbons (Fsp3) is 0.333. The van der Waals surface area contributed by atoms with Gasteiger partial charge in [-0.1, -0.05) is 11.6 Å². The van der Waals surface area contributed by atoms with Crippen molar-refractivity contribution >= 4 is 29.1 Å². The van der Waals surface area contributed by atoms with Crippen LogP contribution < -0.4 is 10.1 Å².